The molecule has 0 bridgehead atoms. The summed E-state index contributed by atoms with van der Waals surface area (Å²) in [7, 11) is 0. The van der Waals surface area contributed by atoms with E-state index in [1.54, 1.807) is 17.8 Å². The van der Waals surface area contributed by atoms with Crippen molar-refractivity contribution in [3.63, 3.8) is 0 Å². The molecule has 0 radical (unpaired) electrons. The second kappa shape index (κ2) is 9.44. The summed E-state index contributed by atoms with van der Waals surface area (Å²) in [6.45, 7) is 4.48. The molecule has 0 unspecified atom stereocenters. The molecule has 0 fully saturated rings. The maximum absolute atomic E-state index is 11.8. The molecule has 0 heterocycles. The Morgan fingerprint density at radius 2 is 2.30 bits per heavy atom. The highest BCUT2D eigenvalue weighted by molar-refractivity contribution is 7.98. The Labute approximate surface area is 124 Å². The van der Waals surface area contributed by atoms with Gasteiger partial charge in [0.05, 0.1) is 6.04 Å². The number of amides is 1. The molecule has 110 valence electrons. The number of nitrogens with two attached hydrogens (primary N) is 1. The van der Waals surface area contributed by atoms with Crippen LogP contribution in [0.5, 0.6) is 5.75 Å². The standard InChI is InChI=1S/C15H22N2O2S/c1-3-9-19-14-7-5-4-6-12(14)11-17-15(18)13(16)8-10-20-2/h3-7,13H,1,8-11,16H2,2H3,(H,17,18)/t13-/m0/s1. The Morgan fingerprint density at radius 3 is 3.00 bits per heavy atom. The van der Waals surface area contributed by atoms with Crippen molar-refractivity contribution in [3.05, 3.63) is 42.5 Å². The number of para-hydroxylation sites is 1. The minimum atomic E-state index is -0.455. The van der Waals surface area contributed by atoms with Crippen LogP contribution < -0.4 is 15.8 Å². The fourth-order valence-corrected chi connectivity index (χ4v) is 2.12. The van der Waals surface area contributed by atoms with Gasteiger partial charge in [0.15, 0.2) is 0 Å². The molecule has 1 amide bonds. The molecule has 0 saturated heterocycles. The second-order valence-corrected chi connectivity index (χ2v) is 5.30. The summed E-state index contributed by atoms with van der Waals surface area (Å²) < 4.78 is 5.54. The third-order valence-corrected chi connectivity index (χ3v) is 3.40. The van der Waals surface area contributed by atoms with Crippen LogP contribution in [0, 0.1) is 0 Å². The fourth-order valence-electron chi connectivity index (χ4n) is 1.63. The SMILES string of the molecule is C=CCOc1ccccc1CNC(=O)[C@@H](N)CCSC. The van der Waals surface area contributed by atoms with E-state index in [9.17, 15) is 4.79 Å². The summed E-state index contributed by atoms with van der Waals surface area (Å²) >= 11 is 1.68. The first-order valence-electron chi connectivity index (χ1n) is 6.53. The Bertz CT molecular complexity index is 438. The van der Waals surface area contributed by atoms with Gasteiger partial charge in [0.25, 0.3) is 0 Å². The summed E-state index contributed by atoms with van der Waals surface area (Å²) in [6, 6.07) is 7.15. The highest BCUT2D eigenvalue weighted by atomic mass is 32.2. The third-order valence-electron chi connectivity index (χ3n) is 2.75. The monoisotopic (exact) mass is 294 g/mol. The number of carbonyl (C=O) groups excluding carboxylic acids is 1. The highest BCUT2D eigenvalue weighted by Crippen LogP contribution is 2.17. The van der Waals surface area contributed by atoms with Crippen molar-refractivity contribution in [2.75, 3.05) is 18.6 Å². The van der Waals surface area contributed by atoms with Gasteiger partial charge in [-0.05, 0) is 24.5 Å². The maximum Gasteiger partial charge on any atom is 0.237 e. The lowest BCUT2D eigenvalue weighted by Crippen LogP contribution is -2.40. The van der Waals surface area contributed by atoms with Crippen LogP contribution >= 0.6 is 11.8 Å². The molecule has 1 aromatic rings. The molecule has 0 aliphatic heterocycles. The first-order chi connectivity index (χ1) is 9.69. The lowest BCUT2D eigenvalue weighted by Gasteiger charge is -2.14. The van der Waals surface area contributed by atoms with Crippen LogP contribution in [-0.2, 0) is 11.3 Å². The van der Waals surface area contributed by atoms with Gasteiger partial charge < -0.3 is 15.8 Å². The zero-order valence-electron chi connectivity index (χ0n) is 11.8. The number of ether oxygens (including phenoxy) is 1. The average Bonchev–Trinajstić information content (AvgIpc) is 2.48. The van der Waals surface area contributed by atoms with Gasteiger partial charge in [-0.25, -0.2) is 0 Å². The van der Waals surface area contributed by atoms with E-state index in [-0.39, 0.29) is 5.91 Å². The van der Waals surface area contributed by atoms with Crippen LogP contribution in [0.25, 0.3) is 0 Å². The van der Waals surface area contributed by atoms with Gasteiger partial charge in [-0.2, -0.15) is 11.8 Å². The van der Waals surface area contributed by atoms with Gasteiger partial charge in [-0.15, -0.1) is 0 Å². The van der Waals surface area contributed by atoms with E-state index in [1.165, 1.54) is 0 Å². The predicted octanol–water partition coefficient (Wildman–Crippen LogP) is 1.95. The van der Waals surface area contributed by atoms with Crippen LogP contribution in [-0.4, -0.2) is 30.6 Å². The fraction of sp³-hybridized carbons (Fsp3) is 0.400. The Balaban J connectivity index is 2.52. The number of carbonyl (C=O) groups is 1. The lowest BCUT2D eigenvalue weighted by atomic mass is 10.2. The van der Waals surface area contributed by atoms with Crippen LogP contribution in [0.4, 0.5) is 0 Å². The van der Waals surface area contributed by atoms with Crippen LogP contribution in [0.1, 0.15) is 12.0 Å². The first kappa shape index (κ1) is 16.6. The molecule has 4 nitrogen and oxygen atoms in total. The molecular formula is C15H22N2O2S. The zero-order chi connectivity index (χ0) is 14.8. The Kier molecular flexibility index (Phi) is 7.84. The van der Waals surface area contributed by atoms with E-state index in [4.69, 9.17) is 10.5 Å². The van der Waals surface area contributed by atoms with Gasteiger partial charge in [0.1, 0.15) is 12.4 Å². The van der Waals surface area contributed by atoms with Crippen molar-refractivity contribution in [2.24, 2.45) is 5.73 Å². The molecule has 0 aliphatic rings. The van der Waals surface area contributed by atoms with Crippen LogP contribution in [0.2, 0.25) is 0 Å². The van der Waals surface area contributed by atoms with Crippen molar-refractivity contribution in [3.8, 4) is 5.75 Å². The van der Waals surface area contributed by atoms with E-state index in [2.05, 4.69) is 11.9 Å². The number of hydrogen-bond acceptors (Lipinski definition) is 4. The average molecular weight is 294 g/mol. The van der Waals surface area contributed by atoms with Gasteiger partial charge >= 0.3 is 0 Å². The normalized spacial score (nSPS) is 11.7. The zero-order valence-corrected chi connectivity index (χ0v) is 12.6. The first-order valence-corrected chi connectivity index (χ1v) is 7.92. The number of nitrogens with one attached hydrogen (secondary N) is 1. The van der Waals surface area contributed by atoms with Crippen molar-refractivity contribution in [1.29, 1.82) is 0 Å². The summed E-state index contributed by atoms with van der Waals surface area (Å²) in [5.74, 6) is 1.51. The summed E-state index contributed by atoms with van der Waals surface area (Å²) in [4.78, 5) is 11.8. The molecule has 5 heteroatoms. The maximum atomic E-state index is 11.8. The molecule has 1 aromatic carbocycles. The van der Waals surface area contributed by atoms with Crippen LogP contribution in [0.3, 0.4) is 0 Å². The summed E-state index contributed by atoms with van der Waals surface area (Å²) in [5, 5.41) is 2.85. The Morgan fingerprint density at radius 1 is 1.55 bits per heavy atom. The molecule has 0 aromatic heterocycles. The quantitative estimate of drug-likeness (QED) is 0.683. The van der Waals surface area contributed by atoms with E-state index in [0.29, 0.717) is 19.6 Å². The van der Waals surface area contributed by atoms with E-state index >= 15 is 0 Å². The third kappa shape index (κ3) is 5.67. The van der Waals surface area contributed by atoms with E-state index < -0.39 is 6.04 Å². The predicted molar refractivity (Wildman–Crippen MR) is 85.0 cm³/mol. The van der Waals surface area contributed by atoms with Crippen LogP contribution in [0.15, 0.2) is 36.9 Å². The second-order valence-electron chi connectivity index (χ2n) is 4.31. The minimum absolute atomic E-state index is 0.127. The molecule has 1 rings (SSSR count). The minimum Gasteiger partial charge on any atom is -0.489 e. The lowest BCUT2D eigenvalue weighted by molar-refractivity contribution is -0.122. The Hall–Kier alpha value is -1.46. The molecule has 3 N–H and O–H groups in total. The number of hydrogen-bond donors (Lipinski definition) is 2. The largest absolute Gasteiger partial charge is 0.489 e. The van der Waals surface area contributed by atoms with Gasteiger partial charge in [-0.3, -0.25) is 4.79 Å². The van der Waals surface area contributed by atoms with Crippen molar-refractivity contribution in [1.82, 2.24) is 5.32 Å². The smallest absolute Gasteiger partial charge is 0.237 e. The summed E-state index contributed by atoms with van der Waals surface area (Å²) in [5.41, 5.74) is 6.75. The van der Waals surface area contributed by atoms with E-state index in [0.717, 1.165) is 17.1 Å². The molecule has 0 aliphatic carbocycles. The van der Waals surface area contributed by atoms with Gasteiger partial charge in [0.2, 0.25) is 5.91 Å². The van der Waals surface area contributed by atoms with Gasteiger partial charge in [0, 0.05) is 12.1 Å². The number of thioether (sulfide) groups is 1. The molecule has 0 saturated carbocycles. The summed E-state index contributed by atoms with van der Waals surface area (Å²) in [6.07, 6.45) is 4.37. The van der Waals surface area contributed by atoms with Crippen molar-refractivity contribution < 1.29 is 9.53 Å². The highest BCUT2D eigenvalue weighted by Gasteiger charge is 2.13. The van der Waals surface area contributed by atoms with E-state index in [1.807, 2.05) is 30.5 Å². The molecule has 0 spiro atoms. The van der Waals surface area contributed by atoms with Crippen molar-refractivity contribution in [2.45, 2.75) is 19.0 Å². The molecular weight excluding hydrogens is 272 g/mol. The topological polar surface area (TPSA) is 64.3 Å². The number of rotatable bonds is 9. The van der Waals surface area contributed by atoms with Gasteiger partial charge in [-0.1, -0.05) is 30.9 Å². The van der Waals surface area contributed by atoms with Crippen molar-refractivity contribution >= 4 is 17.7 Å². The molecule has 1 atom stereocenters. The molecule has 20 heavy (non-hydrogen) atoms. The number of benzene rings is 1.